The Balaban J connectivity index is 1.58. The fourth-order valence-corrected chi connectivity index (χ4v) is 5.85. The van der Waals surface area contributed by atoms with Crippen molar-refractivity contribution in [1.82, 2.24) is 4.98 Å². The molecule has 0 aliphatic carbocycles. The molecule has 5 rings (SSSR count). The number of hydrogen-bond donors (Lipinski definition) is 0. The maximum absolute atomic E-state index is 14.3. The summed E-state index contributed by atoms with van der Waals surface area (Å²) in [7, 11) is 0. The van der Waals surface area contributed by atoms with Gasteiger partial charge >= 0.3 is 0 Å². The molecule has 6 heteroatoms. The average molecular weight is 475 g/mol. The van der Waals surface area contributed by atoms with Crippen molar-refractivity contribution in [1.29, 1.82) is 0 Å². The van der Waals surface area contributed by atoms with E-state index in [0.717, 1.165) is 45.9 Å². The number of aromatic nitrogens is 1. The summed E-state index contributed by atoms with van der Waals surface area (Å²) < 4.78 is 7.03. The standard InChI is InChI=1S/C27H26N2O2S2/c1-32-22-14-15-23-24(17-22)33-27(28-23)29(18-21-13-8-16-31-21)26(30)25(19-9-4-2-5-10-19)20-11-6-3-7-12-20/h2-7,9-12,14-15,17,21,25H,8,13,16,18H2,1H3. The fourth-order valence-electron chi connectivity index (χ4n) is 4.31. The van der Waals surface area contributed by atoms with E-state index < -0.39 is 5.92 Å². The van der Waals surface area contributed by atoms with Gasteiger partial charge in [0.25, 0.3) is 0 Å². The number of benzene rings is 3. The highest BCUT2D eigenvalue weighted by Gasteiger charge is 2.32. The smallest absolute Gasteiger partial charge is 0.240 e. The maximum atomic E-state index is 14.3. The molecule has 1 saturated heterocycles. The van der Waals surface area contributed by atoms with E-state index in [9.17, 15) is 4.79 Å². The van der Waals surface area contributed by atoms with Gasteiger partial charge in [0.15, 0.2) is 5.13 Å². The van der Waals surface area contributed by atoms with Crippen molar-refractivity contribution in [2.24, 2.45) is 0 Å². The molecule has 0 spiro atoms. The van der Waals surface area contributed by atoms with Gasteiger partial charge in [0.2, 0.25) is 5.91 Å². The van der Waals surface area contributed by atoms with Crippen LogP contribution in [0.5, 0.6) is 0 Å². The Labute approximate surface area is 202 Å². The van der Waals surface area contributed by atoms with E-state index in [4.69, 9.17) is 9.72 Å². The molecule has 4 nitrogen and oxygen atoms in total. The van der Waals surface area contributed by atoms with Crippen molar-refractivity contribution >= 4 is 44.4 Å². The SMILES string of the molecule is CSc1ccc2nc(N(CC3CCCO3)C(=O)C(c3ccccc3)c3ccccc3)sc2c1. The molecule has 0 saturated carbocycles. The number of hydrogen-bond acceptors (Lipinski definition) is 5. The second kappa shape index (κ2) is 10.1. The van der Waals surface area contributed by atoms with Crippen molar-refractivity contribution in [3.8, 4) is 0 Å². The first-order valence-corrected chi connectivity index (χ1v) is 13.2. The van der Waals surface area contributed by atoms with Gasteiger partial charge in [0.1, 0.15) is 0 Å². The van der Waals surface area contributed by atoms with Crippen molar-refractivity contribution in [2.45, 2.75) is 29.8 Å². The van der Waals surface area contributed by atoms with Gasteiger partial charge < -0.3 is 4.74 Å². The first-order chi connectivity index (χ1) is 16.2. The van der Waals surface area contributed by atoms with E-state index in [1.807, 2.05) is 71.6 Å². The molecule has 2 heterocycles. The van der Waals surface area contributed by atoms with Crippen LogP contribution in [0, 0.1) is 0 Å². The number of amides is 1. The van der Waals surface area contributed by atoms with Gasteiger partial charge in [-0.15, -0.1) is 11.8 Å². The Morgan fingerprint density at radius 1 is 1.09 bits per heavy atom. The van der Waals surface area contributed by atoms with Gasteiger partial charge in [-0.05, 0) is 48.4 Å². The predicted octanol–water partition coefficient (Wildman–Crippen LogP) is 6.36. The molecule has 3 aromatic carbocycles. The molecule has 33 heavy (non-hydrogen) atoms. The van der Waals surface area contributed by atoms with Gasteiger partial charge in [0.05, 0.1) is 28.8 Å². The molecule has 0 radical (unpaired) electrons. The van der Waals surface area contributed by atoms with Crippen LogP contribution < -0.4 is 4.90 Å². The molecule has 1 aromatic heterocycles. The van der Waals surface area contributed by atoms with Crippen LogP contribution in [0.4, 0.5) is 5.13 Å². The van der Waals surface area contributed by atoms with E-state index in [2.05, 4.69) is 18.4 Å². The Morgan fingerprint density at radius 2 is 1.79 bits per heavy atom. The molecular weight excluding hydrogens is 448 g/mol. The predicted molar refractivity (Wildman–Crippen MR) is 137 cm³/mol. The minimum absolute atomic E-state index is 0.0343. The highest BCUT2D eigenvalue weighted by molar-refractivity contribution is 7.98. The second-order valence-corrected chi connectivity index (χ2v) is 10.1. The summed E-state index contributed by atoms with van der Waals surface area (Å²) in [5.74, 6) is -0.366. The van der Waals surface area contributed by atoms with E-state index >= 15 is 0 Å². The zero-order chi connectivity index (χ0) is 22.6. The molecule has 4 aromatic rings. The third-order valence-corrected chi connectivity index (χ3v) is 7.77. The zero-order valence-corrected chi connectivity index (χ0v) is 20.1. The van der Waals surface area contributed by atoms with Gasteiger partial charge in [-0.2, -0.15) is 0 Å². The van der Waals surface area contributed by atoms with Crippen LogP contribution in [0.3, 0.4) is 0 Å². The van der Waals surface area contributed by atoms with Crippen molar-refractivity contribution in [3.05, 3.63) is 90.0 Å². The van der Waals surface area contributed by atoms with Crippen LogP contribution in [0.25, 0.3) is 10.2 Å². The van der Waals surface area contributed by atoms with Gasteiger partial charge in [-0.3, -0.25) is 9.69 Å². The first kappa shape index (κ1) is 22.1. The normalized spacial score (nSPS) is 15.9. The topological polar surface area (TPSA) is 42.4 Å². The first-order valence-electron chi connectivity index (χ1n) is 11.2. The van der Waals surface area contributed by atoms with Crippen LogP contribution in [-0.4, -0.2) is 36.4 Å². The lowest BCUT2D eigenvalue weighted by Crippen LogP contribution is -2.40. The van der Waals surface area contributed by atoms with Gasteiger partial charge in [-0.1, -0.05) is 72.0 Å². The summed E-state index contributed by atoms with van der Waals surface area (Å²) in [6.45, 7) is 1.27. The van der Waals surface area contributed by atoms with Crippen LogP contribution in [-0.2, 0) is 9.53 Å². The maximum Gasteiger partial charge on any atom is 0.240 e. The number of nitrogens with zero attached hydrogens (tertiary/aromatic N) is 2. The Hall–Kier alpha value is -2.67. The average Bonchev–Trinajstić information content (AvgIpc) is 3.53. The molecule has 1 fully saturated rings. The lowest BCUT2D eigenvalue weighted by Gasteiger charge is -2.28. The summed E-state index contributed by atoms with van der Waals surface area (Å²) in [6, 6.07) is 26.3. The quantitative estimate of drug-likeness (QED) is 0.292. The summed E-state index contributed by atoms with van der Waals surface area (Å²) in [5.41, 5.74) is 2.89. The summed E-state index contributed by atoms with van der Waals surface area (Å²) in [5, 5.41) is 0.737. The Bertz CT molecular complexity index is 1180. The third kappa shape index (κ3) is 4.83. The lowest BCUT2D eigenvalue weighted by molar-refractivity contribution is -0.119. The zero-order valence-electron chi connectivity index (χ0n) is 18.5. The number of thioether (sulfide) groups is 1. The minimum atomic E-state index is -0.400. The van der Waals surface area contributed by atoms with Crippen molar-refractivity contribution < 1.29 is 9.53 Å². The molecule has 1 amide bonds. The van der Waals surface area contributed by atoms with Gasteiger partial charge in [-0.25, -0.2) is 4.98 Å². The van der Waals surface area contributed by atoms with E-state index in [1.165, 1.54) is 4.90 Å². The van der Waals surface area contributed by atoms with E-state index in [1.54, 1.807) is 23.1 Å². The summed E-state index contributed by atoms with van der Waals surface area (Å²) >= 11 is 3.29. The molecule has 1 atom stereocenters. The summed E-state index contributed by atoms with van der Waals surface area (Å²) in [6.07, 6.45) is 4.10. The highest BCUT2D eigenvalue weighted by Crippen LogP contribution is 2.35. The third-order valence-electron chi connectivity index (χ3n) is 6.00. The molecule has 1 aliphatic rings. The number of ether oxygens (including phenoxy) is 1. The number of fused-ring (bicyclic) bond motifs is 1. The number of anilines is 1. The van der Waals surface area contributed by atoms with Crippen molar-refractivity contribution in [3.63, 3.8) is 0 Å². The minimum Gasteiger partial charge on any atom is -0.376 e. The lowest BCUT2D eigenvalue weighted by atomic mass is 9.90. The monoisotopic (exact) mass is 474 g/mol. The van der Waals surface area contributed by atoms with Crippen molar-refractivity contribution in [2.75, 3.05) is 24.3 Å². The molecule has 168 valence electrons. The van der Waals surface area contributed by atoms with Crippen LogP contribution in [0.15, 0.2) is 83.8 Å². The molecule has 1 aliphatic heterocycles. The molecule has 1 unspecified atom stereocenters. The van der Waals surface area contributed by atoms with Crippen LogP contribution in [0.1, 0.15) is 29.9 Å². The Morgan fingerprint density at radius 3 is 2.39 bits per heavy atom. The fraction of sp³-hybridized carbons (Fsp3) is 0.259. The second-order valence-electron chi connectivity index (χ2n) is 8.17. The largest absolute Gasteiger partial charge is 0.376 e. The summed E-state index contributed by atoms with van der Waals surface area (Å²) in [4.78, 5) is 22.2. The molecule has 0 N–H and O–H groups in total. The van der Waals surface area contributed by atoms with E-state index in [-0.39, 0.29) is 12.0 Å². The molecule has 0 bridgehead atoms. The Kier molecular flexibility index (Phi) is 6.76. The van der Waals surface area contributed by atoms with Crippen LogP contribution in [0.2, 0.25) is 0 Å². The highest BCUT2D eigenvalue weighted by atomic mass is 32.2. The number of rotatable bonds is 7. The molecular formula is C27H26N2O2S2. The number of thiazole rings is 1. The van der Waals surface area contributed by atoms with Gasteiger partial charge in [0, 0.05) is 11.5 Å². The van der Waals surface area contributed by atoms with Crippen LogP contribution >= 0.6 is 23.1 Å². The number of carbonyl (C=O) groups is 1. The van der Waals surface area contributed by atoms with E-state index in [0.29, 0.717) is 6.54 Å². The number of carbonyl (C=O) groups excluding carboxylic acids is 1.